The highest BCUT2D eigenvalue weighted by molar-refractivity contribution is 6.05. The molecule has 27 heavy (non-hydrogen) atoms. The van der Waals surface area contributed by atoms with E-state index < -0.39 is 0 Å². The third-order valence-corrected chi connectivity index (χ3v) is 4.15. The van der Waals surface area contributed by atoms with E-state index in [2.05, 4.69) is 10.6 Å². The van der Waals surface area contributed by atoms with Crippen molar-refractivity contribution < 1.29 is 19.2 Å². The van der Waals surface area contributed by atoms with Crippen molar-refractivity contribution in [1.29, 1.82) is 0 Å². The van der Waals surface area contributed by atoms with Gasteiger partial charge in [-0.2, -0.15) is 0 Å². The molecule has 2 N–H and O–H groups in total. The maximum absolute atomic E-state index is 12.4. The number of anilines is 2. The first-order valence-corrected chi connectivity index (χ1v) is 8.53. The van der Waals surface area contributed by atoms with Crippen molar-refractivity contribution in [2.75, 3.05) is 10.6 Å². The lowest BCUT2D eigenvalue weighted by Gasteiger charge is -2.14. The summed E-state index contributed by atoms with van der Waals surface area (Å²) in [6.07, 6.45) is 0.537. The smallest absolute Gasteiger partial charge is 0.255 e. The van der Waals surface area contributed by atoms with E-state index in [1.54, 1.807) is 48.5 Å². The summed E-state index contributed by atoms with van der Waals surface area (Å²) in [4.78, 5) is 48.1. The molecule has 7 nitrogen and oxygen atoms in total. The number of hydrogen-bond acceptors (Lipinski definition) is 4. The van der Waals surface area contributed by atoms with E-state index in [9.17, 15) is 19.2 Å². The Balaban J connectivity index is 1.64. The lowest BCUT2D eigenvalue weighted by Crippen LogP contribution is -2.28. The minimum atomic E-state index is -0.306. The van der Waals surface area contributed by atoms with Crippen LogP contribution in [0.25, 0.3) is 0 Å². The number of likely N-dealkylation sites (tertiary alicyclic amines) is 1. The number of amides is 4. The van der Waals surface area contributed by atoms with Gasteiger partial charge in [0.05, 0.1) is 6.54 Å². The fraction of sp³-hybridized carbons (Fsp3) is 0.200. The van der Waals surface area contributed by atoms with Gasteiger partial charge in [0, 0.05) is 36.7 Å². The summed E-state index contributed by atoms with van der Waals surface area (Å²) < 4.78 is 0. The minimum Gasteiger partial charge on any atom is -0.326 e. The van der Waals surface area contributed by atoms with Crippen LogP contribution in [-0.4, -0.2) is 28.5 Å². The van der Waals surface area contributed by atoms with Gasteiger partial charge in [-0.05, 0) is 35.9 Å². The third kappa shape index (κ3) is 4.58. The summed E-state index contributed by atoms with van der Waals surface area (Å²) in [5.74, 6) is -0.828. The Hall–Kier alpha value is -3.48. The molecule has 7 heteroatoms. The van der Waals surface area contributed by atoms with Crippen LogP contribution < -0.4 is 10.6 Å². The van der Waals surface area contributed by atoms with Crippen molar-refractivity contribution in [3.05, 3.63) is 59.7 Å². The first kappa shape index (κ1) is 18.3. The normalized spacial score (nSPS) is 13.6. The monoisotopic (exact) mass is 365 g/mol. The largest absolute Gasteiger partial charge is 0.326 e. The van der Waals surface area contributed by atoms with E-state index >= 15 is 0 Å². The zero-order valence-electron chi connectivity index (χ0n) is 14.8. The van der Waals surface area contributed by atoms with Crippen LogP contribution in [-0.2, 0) is 20.9 Å². The number of hydrogen-bond donors (Lipinski definition) is 2. The highest BCUT2D eigenvalue weighted by Crippen LogP contribution is 2.18. The Bertz CT molecular complexity index is 890. The molecular weight excluding hydrogens is 346 g/mol. The summed E-state index contributed by atoms with van der Waals surface area (Å²) in [5, 5.41) is 5.41. The van der Waals surface area contributed by atoms with Crippen LogP contribution in [0.3, 0.4) is 0 Å². The fourth-order valence-corrected chi connectivity index (χ4v) is 2.82. The Morgan fingerprint density at radius 1 is 0.926 bits per heavy atom. The zero-order valence-corrected chi connectivity index (χ0v) is 14.8. The number of nitrogens with one attached hydrogen (secondary N) is 2. The molecule has 0 bridgehead atoms. The van der Waals surface area contributed by atoms with Gasteiger partial charge in [0.2, 0.25) is 17.7 Å². The molecule has 3 rings (SSSR count). The third-order valence-electron chi connectivity index (χ3n) is 4.15. The van der Waals surface area contributed by atoms with Crippen molar-refractivity contribution in [2.45, 2.75) is 26.3 Å². The lowest BCUT2D eigenvalue weighted by molar-refractivity contribution is -0.139. The molecule has 0 saturated carbocycles. The van der Waals surface area contributed by atoms with Crippen LogP contribution in [0.5, 0.6) is 0 Å². The molecule has 0 unspecified atom stereocenters. The van der Waals surface area contributed by atoms with Crippen molar-refractivity contribution in [1.82, 2.24) is 4.90 Å². The molecule has 2 aromatic carbocycles. The maximum atomic E-state index is 12.4. The Labute approximate surface area is 156 Å². The number of carbonyl (C=O) groups is 4. The predicted octanol–water partition coefficient (Wildman–Crippen LogP) is 2.55. The van der Waals surface area contributed by atoms with Crippen LogP contribution in [0.2, 0.25) is 0 Å². The Kier molecular flexibility index (Phi) is 5.30. The van der Waals surface area contributed by atoms with Crippen molar-refractivity contribution in [3.63, 3.8) is 0 Å². The molecule has 0 spiro atoms. The van der Waals surface area contributed by atoms with Crippen LogP contribution >= 0.6 is 0 Å². The Morgan fingerprint density at radius 2 is 1.59 bits per heavy atom. The first-order chi connectivity index (χ1) is 12.9. The number of carbonyl (C=O) groups excluding carboxylic acids is 4. The molecule has 0 aliphatic carbocycles. The number of imide groups is 1. The lowest BCUT2D eigenvalue weighted by atomic mass is 10.1. The van der Waals surface area contributed by atoms with Gasteiger partial charge in [-0.1, -0.05) is 18.2 Å². The number of nitrogens with zero attached hydrogens (tertiary/aromatic N) is 1. The molecule has 1 aliphatic rings. The second-order valence-corrected chi connectivity index (χ2v) is 6.29. The average Bonchev–Trinajstić information content (AvgIpc) is 2.95. The van der Waals surface area contributed by atoms with Crippen LogP contribution in [0.4, 0.5) is 11.4 Å². The van der Waals surface area contributed by atoms with Gasteiger partial charge in [0.1, 0.15) is 0 Å². The van der Waals surface area contributed by atoms with Crippen molar-refractivity contribution in [2.24, 2.45) is 0 Å². The molecule has 1 aliphatic heterocycles. The molecular formula is C20H19N3O4. The van der Waals surface area contributed by atoms with Gasteiger partial charge < -0.3 is 10.6 Å². The molecule has 0 atom stereocenters. The average molecular weight is 365 g/mol. The van der Waals surface area contributed by atoms with Gasteiger partial charge in [0.15, 0.2) is 0 Å². The van der Waals surface area contributed by atoms with E-state index in [1.807, 2.05) is 0 Å². The highest BCUT2D eigenvalue weighted by Gasteiger charge is 2.28. The van der Waals surface area contributed by atoms with Gasteiger partial charge in [-0.15, -0.1) is 0 Å². The molecule has 1 fully saturated rings. The molecule has 1 heterocycles. The summed E-state index contributed by atoms with van der Waals surface area (Å²) in [7, 11) is 0. The SMILES string of the molecule is CC(=O)Nc1cccc(C(=O)Nc2ccc(CN3C(=O)CCC3=O)cc2)c1. The standard InChI is InChI=1S/C20H19N3O4/c1-13(24)21-17-4-2-3-15(11-17)20(27)22-16-7-5-14(6-8-16)12-23-18(25)9-10-19(23)26/h2-8,11H,9-10,12H2,1H3,(H,21,24)(H,22,27). The van der Waals surface area contributed by atoms with Crippen molar-refractivity contribution >= 4 is 35.0 Å². The van der Waals surface area contributed by atoms with E-state index in [0.717, 1.165) is 5.56 Å². The van der Waals surface area contributed by atoms with E-state index in [4.69, 9.17) is 0 Å². The quantitative estimate of drug-likeness (QED) is 0.796. The van der Waals surface area contributed by atoms with E-state index in [-0.39, 0.29) is 43.0 Å². The van der Waals surface area contributed by atoms with E-state index in [1.165, 1.54) is 11.8 Å². The minimum absolute atomic E-state index is 0.156. The van der Waals surface area contributed by atoms with Gasteiger partial charge in [-0.3, -0.25) is 24.1 Å². The van der Waals surface area contributed by atoms with Gasteiger partial charge >= 0.3 is 0 Å². The van der Waals surface area contributed by atoms with Crippen LogP contribution in [0, 0.1) is 0 Å². The van der Waals surface area contributed by atoms with Crippen molar-refractivity contribution in [3.8, 4) is 0 Å². The molecule has 0 radical (unpaired) electrons. The summed E-state index contributed by atoms with van der Waals surface area (Å²) in [6, 6.07) is 13.6. The highest BCUT2D eigenvalue weighted by atomic mass is 16.2. The molecule has 138 valence electrons. The maximum Gasteiger partial charge on any atom is 0.255 e. The molecule has 1 saturated heterocycles. The predicted molar refractivity (Wildman–Crippen MR) is 99.9 cm³/mol. The summed E-state index contributed by atoms with van der Waals surface area (Å²) in [5.41, 5.74) is 2.36. The zero-order chi connectivity index (χ0) is 19.4. The number of rotatable bonds is 5. The van der Waals surface area contributed by atoms with Crippen LogP contribution in [0.15, 0.2) is 48.5 Å². The molecule has 0 aromatic heterocycles. The second-order valence-electron chi connectivity index (χ2n) is 6.29. The molecule has 2 aromatic rings. The number of benzene rings is 2. The molecule has 4 amide bonds. The van der Waals surface area contributed by atoms with Crippen LogP contribution in [0.1, 0.15) is 35.7 Å². The summed E-state index contributed by atoms with van der Waals surface area (Å²) >= 11 is 0. The summed E-state index contributed by atoms with van der Waals surface area (Å²) in [6.45, 7) is 1.64. The second kappa shape index (κ2) is 7.82. The van der Waals surface area contributed by atoms with Gasteiger partial charge in [-0.25, -0.2) is 0 Å². The Morgan fingerprint density at radius 3 is 2.22 bits per heavy atom. The van der Waals surface area contributed by atoms with Gasteiger partial charge in [0.25, 0.3) is 5.91 Å². The topological polar surface area (TPSA) is 95.6 Å². The first-order valence-electron chi connectivity index (χ1n) is 8.53. The van der Waals surface area contributed by atoms with E-state index in [0.29, 0.717) is 16.9 Å². The fourth-order valence-electron chi connectivity index (χ4n) is 2.82.